The Bertz CT molecular complexity index is 1730. The highest BCUT2D eigenvalue weighted by Crippen LogP contribution is 2.55. The minimum absolute atomic E-state index is 0.00360. The summed E-state index contributed by atoms with van der Waals surface area (Å²) in [6.07, 6.45) is 6.82. The monoisotopic (exact) mass is 688 g/mol. The van der Waals surface area contributed by atoms with Crippen LogP contribution in [0, 0.1) is 23.7 Å². The predicted molar refractivity (Wildman–Crippen MR) is 198 cm³/mol. The van der Waals surface area contributed by atoms with Gasteiger partial charge in [-0.15, -0.1) is 11.8 Å². The molecule has 1 aliphatic heterocycles. The van der Waals surface area contributed by atoms with Crippen molar-refractivity contribution in [1.82, 2.24) is 10.6 Å². The van der Waals surface area contributed by atoms with Crippen molar-refractivity contribution in [1.29, 1.82) is 0 Å². The van der Waals surface area contributed by atoms with Crippen molar-refractivity contribution in [2.24, 2.45) is 23.7 Å². The Morgan fingerprint density at radius 3 is 2.12 bits per heavy atom. The largest absolute Gasteiger partial charge is 0.392 e. The van der Waals surface area contributed by atoms with Crippen LogP contribution < -0.4 is 10.6 Å². The fourth-order valence-corrected chi connectivity index (χ4v) is 10.6. The van der Waals surface area contributed by atoms with Crippen LogP contribution >= 0.6 is 11.8 Å². The smallest absolute Gasteiger partial charge is 0.315 e. The third-order valence-electron chi connectivity index (χ3n) is 11.6. The van der Waals surface area contributed by atoms with Crippen LogP contribution in [0.2, 0.25) is 0 Å². The van der Waals surface area contributed by atoms with Gasteiger partial charge in [-0.1, -0.05) is 97.9 Å². The molecule has 0 radical (unpaired) electrons. The van der Waals surface area contributed by atoms with Crippen LogP contribution in [0.25, 0.3) is 11.1 Å². The third kappa shape index (κ3) is 7.24. The number of aliphatic hydroxyl groups is 1. The van der Waals surface area contributed by atoms with Crippen LogP contribution in [-0.4, -0.2) is 28.5 Å². The van der Waals surface area contributed by atoms with Crippen molar-refractivity contribution >= 4 is 17.8 Å². The molecule has 2 amide bonds. The lowest BCUT2D eigenvalue weighted by molar-refractivity contribution is -0.268. The van der Waals surface area contributed by atoms with Crippen LogP contribution in [0.4, 0.5) is 4.79 Å². The Balaban J connectivity index is 0.962. The van der Waals surface area contributed by atoms with E-state index >= 15 is 0 Å². The highest BCUT2D eigenvalue weighted by Gasteiger charge is 2.51. The molecule has 5 fully saturated rings. The predicted octanol–water partition coefficient (Wildman–Crippen LogP) is 9.20. The van der Waals surface area contributed by atoms with E-state index in [2.05, 4.69) is 96.4 Å². The highest BCUT2D eigenvalue weighted by atomic mass is 32.2. The molecule has 0 unspecified atom stereocenters. The number of rotatable bonds is 10. The molecule has 0 spiro atoms. The van der Waals surface area contributed by atoms with E-state index in [0.29, 0.717) is 6.54 Å². The van der Waals surface area contributed by atoms with Gasteiger partial charge in [-0.3, -0.25) is 0 Å². The number of benzene rings is 4. The summed E-state index contributed by atoms with van der Waals surface area (Å²) in [5.41, 5.74) is 6.22. The molecule has 4 aromatic carbocycles. The van der Waals surface area contributed by atoms with Crippen molar-refractivity contribution in [3.05, 3.63) is 125 Å². The number of ether oxygens (including phenoxy) is 2. The molecule has 4 aromatic rings. The lowest BCUT2D eigenvalue weighted by Crippen LogP contribution is -2.61. The summed E-state index contributed by atoms with van der Waals surface area (Å²) in [6, 6.07) is 35.3. The summed E-state index contributed by atoms with van der Waals surface area (Å²) >= 11 is 1.81. The Labute approximate surface area is 300 Å². The summed E-state index contributed by atoms with van der Waals surface area (Å²) in [7, 11) is 0. The van der Waals surface area contributed by atoms with E-state index in [1.807, 2.05) is 24.3 Å². The number of hydrogen-bond donors (Lipinski definition) is 3. The van der Waals surface area contributed by atoms with Crippen LogP contribution in [-0.2, 0) is 22.6 Å². The number of carbonyl (C=O) groups excluding carboxylic acids is 1. The first-order valence-corrected chi connectivity index (χ1v) is 19.3. The fourth-order valence-electron chi connectivity index (χ4n) is 9.51. The molecule has 50 heavy (non-hydrogen) atoms. The lowest BCUT2D eigenvalue weighted by atomic mass is 9.53. The van der Waals surface area contributed by atoms with E-state index < -0.39 is 6.29 Å². The van der Waals surface area contributed by atoms with Crippen molar-refractivity contribution in [3.8, 4) is 11.1 Å². The molecule has 4 saturated carbocycles. The first kappa shape index (κ1) is 33.5. The van der Waals surface area contributed by atoms with Gasteiger partial charge in [0.15, 0.2) is 6.29 Å². The molecule has 1 saturated heterocycles. The molecule has 4 aliphatic carbocycles. The van der Waals surface area contributed by atoms with Crippen molar-refractivity contribution in [3.63, 3.8) is 0 Å². The van der Waals surface area contributed by atoms with E-state index in [4.69, 9.17) is 9.47 Å². The summed E-state index contributed by atoms with van der Waals surface area (Å²) in [6.45, 7) is 2.69. The Morgan fingerprint density at radius 1 is 0.800 bits per heavy atom. The van der Waals surface area contributed by atoms with Gasteiger partial charge in [0.2, 0.25) is 0 Å². The van der Waals surface area contributed by atoms with E-state index in [-0.39, 0.29) is 36.3 Å². The molecule has 7 heteroatoms. The molecule has 6 nitrogen and oxygen atoms in total. The second-order valence-corrected chi connectivity index (χ2v) is 16.3. The number of thioether (sulfide) groups is 1. The topological polar surface area (TPSA) is 79.8 Å². The van der Waals surface area contributed by atoms with Gasteiger partial charge >= 0.3 is 6.03 Å². The molecule has 5 aliphatic rings. The average molecular weight is 689 g/mol. The van der Waals surface area contributed by atoms with Crippen molar-refractivity contribution < 1.29 is 19.4 Å². The van der Waals surface area contributed by atoms with Crippen molar-refractivity contribution in [2.45, 2.75) is 87.5 Å². The van der Waals surface area contributed by atoms with Crippen LogP contribution in [0.3, 0.4) is 0 Å². The zero-order valence-corrected chi connectivity index (χ0v) is 29.6. The molecule has 3 N–H and O–H groups in total. The quantitative estimate of drug-likeness (QED) is 0.145. The van der Waals surface area contributed by atoms with Gasteiger partial charge in [0.25, 0.3) is 0 Å². The summed E-state index contributed by atoms with van der Waals surface area (Å²) in [4.78, 5) is 14.5. The first-order valence-electron chi connectivity index (χ1n) is 18.4. The fraction of sp³-hybridized carbons (Fsp3) is 0.419. The van der Waals surface area contributed by atoms with Gasteiger partial charge in [-0.2, -0.15) is 0 Å². The van der Waals surface area contributed by atoms with E-state index in [0.717, 1.165) is 76.1 Å². The van der Waals surface area contributed by atoms with Crippen molar-refractivity contribution in [2.75, 3.05) is 5.75 Å². The lowest BCUT2D eigenvalue weighted by Gasteiger charge is -2.56. The van der Waals surface area contributed by atoms with Gasteiger partial charge < -0.3 is 25.2 Å². The number of aliphatic hydroxyl groups excluding tert-OH is 1. The van der Waals surface area contributed by atoms with Gasteiger partial charge in [0.1, 0.15) is 0 Å². The number of carbonyl (C=O) groups is 1. The summed E-state index contributed by atoms with van der Waals surface area (Å²) < 4.78 is 13.4. The van der Waals surface area contributed by atoms with E-state index in [1.165, 1.54) is 24.2 Å². The molecule has 260 valence electrons. The van der Waals surface area contributed by atoms with Gasteiger partial charge in [0.05, 0.1) is 18.8 Å². The molecular weight excluding hydrogens is 641 g/mol. The number of urea groups is 1. The minimum atomic E-state index is -0.519. The van der Waals surface area contributed by atoms with Crippen LogP contribution in [0.5, 0.6) is 0 Å². The van der Waals surface area contributed by atoms with Gasteiger partial charge in [0, 0.05) is 34.2 Å². The molecule has 0 aromatic heterocycles. The molecular formula is C43H48N2O4S. The first-order chi connectivity index (χ1) is 24.4. The average Bonchev–Trinajstić information content (AvgIpc) is 3.13. The highest BCUT2D eigenvalue weighted by molar-refractivity contribution is 7.99. The zero-order valence-electron chi connectivity index (χ0n) is 28.8. The SMILES string of the molecule is C[C@@H]1[C@H](CSc2ccccc2)O[C@H](c2ccc(-c3ccccc3CNC(=O)NC34CC5CC(CC(C5)C3)C4)cc2)O[C@@H]1c1ccc(CO)cc1. The van der Waals surface area contributed by atoms with E-state index in [9.17, 15) is 9.90 Å². The molecule has 4 bridgehead atoms. The van der Waals surface area contributed by atoms with Crippen LogP contribution in [0.1, 0.15) is 80.1 Å². The van der Waals surface area contributed by atoms with Crippen LogP contribution in [0.15, 0.2) is 108 Å². The molecule has 4 atom stereocenters. The third-order valence-corrected chi connectivity index (χ3v) is 12.7. The Morgan fingerprint density at radius 2 is 1.44 bits per heavy atom. The standard InChI is InChI=1S/C43H48N2O4S/c1-28-39(27-50-37-8-3-2-4-9-37)48-41(49-40(28)34-13-11-29(26-46)12-14-34)35-17-15-33(16-18-35)38-10-6-5-7-36(38)25-44-42(47)45-43-22-30-19-31(23-43)21-32(20-30)24-43/h2-18,28,30-32,39-41,46H,19-27H2,1H3,(H2,44,45,47)/t28-,30?,31?,32?,39+,40+,41+,43?/m1/s1. The van der Waals surface area contributed by atoms with Gasteiger partial charge in [-0.25, -0.2) is 4.79 Å². The second kappa shape index (κ2) is 14.5. The van der Waals surface area contributed by atoms with E-state index in [1.54, 1.807) is 11.8 Å². The maximum atomic E-state index is 13.2. The molecule has 9 rings (SSSR count). The molecule has 1 heterocycles. The normalized spacial score (nSPS) is 29.8. The summed E-state index contributed by atoms with van der Waals surface area (Å²) in [5, 5.41) is 16.3. The Hall–Kier alpha value is -3.62. The number of amides is 2. The summed E-state index contributed by atoms with van der Waals surface area (Å²) in [5.74, 6) is 3.32. The zero-order chi connectivity index (χ0) is 34.1. The maximum Gasteiger partial charge on any atom is 0.315 e. The maximum absolute atomic E-state index is 13.2. The van der Waals surface area contributed by atoms with Gasteiger partial charge in [-0.05, 0) is 96.2 Å². The second-order valence-electron chi connectivity index (χ2n) is 15.2. The number of nitrogens with one attached hydrogen (secondary N) is 2. The Kier molecular flexibility index (Phi) is 9.75. The minimum Gasteiger partial charge on any atom is -0.392 e. The number of hydrogen-bond acceptors (Lipinski definition) is 5.